The number of aromatic amines is 1. The van der Waals surface area contributed by atoms with Gasteiger partial charge in [-0.1, -0.05) is 13.8 Å². The summed E-state index contributed by atoms with van der Waals surface area (Å²) in [5.74, 6) is 0.871. The van der Waals surface area contributed by atoms with Gasteiger partial charge in [-0.25, -0.2) is 4.98 Å². The van der Waals surface area contributed by atoms with Crippen LogP contribution in [0.2, 0.25) is 0 Å². The van der Waals surface area contributed by atoms with E-state index in [9.17, 15) is 4.79 Å². The summed E-state index contributed by atoms with van der Waals surface area (Å²) in [6.45, 7) is 6.12. The molecule has 0 saturated heterocycles. The number of aromatic nitrogens is 2. The van der Waals surface area contributed by atoms with Crippen LogP contribution in [0.15, 0.2) is 10.9 Å². The van der Waals surface area contributed by atoms with Gasteiger partial charge in [0.05, 0.1) is 6.07 Å². The third kappa shape index (κ3) is 3.34. The average molecular weight is 225 g/mol. The molecule has 0 fully saturated rings. The van der Waals surface area contributed by atoms with Gasteiger partial charge in [-0.05, 0) is 19.8 Å². The van der Waals surface area contributed by atoms with Crippen LogP contribution < -0.4 is 16.0 Å². The summed E-state index contributed by atoms with van der Waals surface area (Å²) < 4.78 is 5.46. The Kier molecular flexibility index (Phi) is 4.06. The maximum atomic E-state index is 11.2. The van der Waals surface area contributed by atoms with Crippen molar-refractivity contribution in [3.63, 3.8) is 0 Å². The Morgan fingerprint density at radius 2 is 2.12 bits per heavy atom. The number of hydrogen-bond acceptors (Lipinski definition) is 4. The number of ether oxygens (including phenoxy) is 1. The monoisotopic (exact) mass is 225 g/mol. The molecule has 3 N–H and O–H groups in total. The Morgan fingerprint density at radius 1 is 1.50 bits per heavy atom. The number of H-pyrrole nitrogens is 1. The maximum Gasteiger partial charge on any atom is 0.254 e. The second kappa shape index (κ2) is 5.12. The molecule has 0 radical (unpaired) electrons. The van der Waals surface area contributed by atoms with Crippen LogP contribution in [0.25, 0.3) is 0 Å². The lowest BCUT2D eigenvalue weighted by Gasteiger charge is -2.26. The van der Waals surface area contributed by atoms with Gasteiger partial charge < -0.3 is 15.5 Å². The van der Waals surface area contributed by atoms with Crippen molar-refractivity contribution in [3.8, 4) is 5.88 Å². The predicted octanol–water partition coefficient (Wildman–Crippen LogP) is 0.975. The predicted molar refractivity (Wildman–Crippen MR) is 62.6 cm³/mol. The normalized spacial score (nSPS) is 11.5. The van der Waals surface area contributed by atoms with Crippen LogP contribution in [0.5, 0.6) is 5.88 Å². The molecule has 90 valence electrons. The fraction of sp³-hybridized carbons (Fsp3) is 0.636. The number of nitrogens with one attached hydrogen (secondary N) is 1. The van der Waals surface area contributed by atoms with E-state index in [4.69, 9.17) is 10.5 Å². The lowest BCUT2D eigenvalue weighted by atomic mass is 9.96. The number of nitrogens with two attached hydrogens (primary N) is 1. The Balaban J connectivity index is 2.71. The third-order valence-electron chi connectivity index (χ3n) is 2.75. The van der Waals surface area contributed by atoms with Crippen molar-refractivity contribution in [1.82, 2.24) is 9.97 Å². The molecule has 0 bridgehead atoms. The molecule has 1 rings (SSSR count). The van der Waals surface area contributed by atoms with Gasteiger partial charge in [0.15, 0.2) is 0 Å². The van der Waals surface area contributed by atoms with E-state index < -0.39 is 0 Å². The van der Waals surface area contributed by atoms with Crippen LogP contribution >= 0.6 is 0 Å². The summed E-state index contributed by atoms with van der Waals surface area (Å²) in [6, 6.07) is 1.33. The lowest BCUT2D eigenvalue weighted by Crippen LogP contribution is -2.44. The van der Waals surface area contributed by atoms with Crippen molar-refractivity contribution < 1.29 is 4.74 Å². The van der Waals surface area contributed by atoms with Crippen LogP contribution in [0.4, 0.5) is 0 Å². The van der Waals surface area contributed by atoms with Crippen LogP contribution in [0, 0.1) is 6.92 Å². The molecule has 0 spiro atoms. The van der Waals surface area contributed by atoms with Gasteiger partial charge in [-0.15, -0.1) is 0 Å². The zero-order valence-corrected chi connectivity index (χ0v) is 10.0. The van der Waals surface area contributed by atoms with Crippen LogP contribution in [-0.2, 0) is 0 Å². The van der Waals surface area contributed by atoms with E-state index in [1.165, 1.54) is 6.07 Å². The van der Waals surface area contributed by atoms with Gasteiger partial charge in [0.2, 0.25) is 5.88 Å². The van der Waals surface area contributed by atoms with Crippen LogP contribution in [0.3, 0.4) is 0 Å². The number of nitrogens with zero attached hydrogens (tertiary/aromatic N) is 1. The van der Waals surface area contributed by atoms with Crippen molar-refractivity contribution in [2.75, 3.05) is 6.61 Å². The Morgan fingerprint density at radius 3 is 2.62 bits per heavy atom. The van der Waals surface area contributed by atoms with Crippen molar-refractivity contribution >= 4 is 0 Å². The molecule has 0 amide bonds. The highest BCUT2D eigenvalue weighted by molar-refractivity contribution is 5.08. The highest BCUT2D eigenvalue weighted by atomic mass is 16.5. The van der Waals surface area contributed by atoms with Crippen LogP contribution in [0.1, 0.15) is 32.5 Å². The first kappa shape index (κ1) is 12.7. The summed E-state index contributed by atoms with van der Waals surface area (Å²) in [7, 11) is 0. The summed E-state index contributed by atoms with van der Waals surface area (Å²) in [6.07, 6.45) is 1.65. The minimum atomic E-state index is -0.349. The molecule has 0 saturated carbocycles. The summed E-state index contributed by atoms with van der Waals surface area (Å²) in [4.78, 5) is 17.8. The fourth-order valence-electron chi connectivity index (χ4n) is 1.30. The van der Waals surface area contributed by atoms with Gasteiger partial charge in [0.1, 0.15) is 12.4 Å². The molecule has 0 unspecified atom stereocenters. The molecule has 1 heterocycles. The average Bonchev–Trinajstić information content (AvgIpc) is 2.25. The molecule has 5 nitrogen and oxygen atoms in total. The van der Waals surface area contributed by atoms with Crippen molar-refractivity contribution in [2.45, 2.75) is 39.2 Å². The minimum absolute atomic E-state index is 0.210. The Hall–Kier alpha value is -1.36. The van der Waals surface area contributed by atoms with Crippen molar-refractivity contribution in [2.24, 2.45) is 5.73 Å². The Labute approximate surface area is 95.0 Å². The van der Waals surface area contributed by atoms with Crippen molar-refractivity contribution in [3.05, 3.63) is 22.2 Å². The third-order valence-corrected chi connectivity index (χ3v) is 2.75. The van der Waals surface area contributed by atoms with E-state index in [2.05, 4.69) is 9.97 Å². The molecule has 0 atom stereocenters. The van der Waals surface area contributed by atoms with Crippen LogP contribution in [-0.4, -0.2) is 22.1 Å². The lowest BCUT2D eigenvalue weighted by molar-refractivity contribution is 0.200. The first-order chi connectivity index (χ1) is 7.49. The topological polar surface area (TPSA) is 81.0 Å². The highest BCUT2D eigenvalue weighted by Crippen LogP contribution is 2.13. The molecular formula is C11H19N3O2. The van der Waals surface area contributed by atoms with E-state index >= 15 is 0 Å². The first-order valence-electron chi connectivity index (χ1n) is 5.49. The zero-order chi connectivity index (χ0) is 12.2. The van der Waals surface area contributed by atoms with Gasteiger partial charge in [-0.2, -0.15) is 0 Å². The minimum Gasteiger partial charge on any atom is -0.476 e. The number of rotatable bonds is 5. The molecule has 0 aromatic carbocycles. The number of hydrogen-bond donors (Lipinski definition) is 2. The van der Waals surface area contributed by atoms with Gasteiger partial charge in [0, 0.05) is 5.54 Å². The van der Waals surface area contributed by atoms with E-state index in [1.54, 1.807) is 6.92 Å². The SMILES string of the molecule is CCC(N)(CC)COc1cc(=O)[nH]c(C)n1. The smallest absolute Gasteiger partial charge is 0.254 e. The van der Waals surface area contributed by atoms with Gasteiger partial charge in [-0.3, -0.25) is 4.79 Å². The Bertz CT molecular complexity index is 396. The number of aryl methyl sites for hydroxylation is 1. The van der Waals surface area contributed by atoms with E-state index in [0.29, 0.717) is 18.3 Å². The highest BCUT2D eigenvalue weighted by Gasteiger charge is 2.21. The second-order valence-corrected chi connectivity index (χ2v) is 4.03. The quantitative estimate of drug-likeness (QED) is 0.782. The largest absolute Gasteiger partial charge is 0.476 e. The standard InChI is InChI=1S/C11H19N3O2/c1-4-11(12,5-2)7-16-10-6-9(15)13-8(3)14-10/h6H,4-5,7,12H2,1-3H3,(H,13,14,15). The molecule has 5 heteroatoms. The van der Waals surface area contributed by atoms with E-state index in [-0.39, 0.29) is 11.1 Å². The van der Waals surface area contributed by atoms with Gasteiger partial charge >= 0.3 is 0 Å². The fourth-order valence-corrected chi connectivity index (χ4v) is 1.30. The molecule has 0 aliphatic rings. The second-order valence-electron chi connectivity index (χ2n) is 4.03. The zero-order valence-electron chi connectivity index (χ0n) is 10.0. The molecular weight excluding hydrogens is 206 g/mol. The first-order valence-corrected chi connectivity index (χ1v) is 5.49. The summed E-state index contributed by atoms with van der Waals surface area (Å²) in [5.41, 5.74) is 5.52. The summed E-state index contributed by atoms with van der Waals surface area (Å²) in [5, 5.41) is 0. The molecule has 1 aromatic rings. The molecule has 0 aliphatic carbocycles. The van der Waals surface area contributed by atoms with E-state index in [1.807, 2.05) is 13.8 Å². The maximum absolute atomic E-state index is 11.2. The molecule has 1 aromatic heterocycles. The molecule has 16 heavy (non-hydrogen) atoms. The summed E-state index contributed by atoms with van der Waals surface area (Å²) >= 11 is 0. The van der Waals surface area contributed by atoms with Crippen molar-refractivity contribution in [1.29, 1.82) is 0 Å². The van der Waals surface area contributed by atoms with Gasteiger partial charge in [0.25, 0.3) is 5.56 Å². The molecule has 0 aliphatic heterocycles. The van der Waals surface area contributed by atoms with E-state index in [0.717, 1.165) is 12.8 Å².